The zero-order valence-corrected chi connectivity index (χ0v) is 10.5. The standard InChI is InChI=1S/C14H19N3/c1-3-12-9-11(5-6-13(12)15)10-14-16-7-8-17(14)4-2/h5-9H,3-4,10,15H2,1-2H3. The van der Waals surface area contributed by atoms with E-state index in [0.29, 0.717) is 0 Å². The fraction of sp³-hybridized carbons (Fsp3) is 0.357. The quantitative estimate of drug-likeness (QED) is 0.819. The number of hydrogen-bond acceptors (Lipinski definition) is 2. The Bertz CT molecular complexity index is 500. The second-order valence-corrected chi connectivity index (χ2v) is 4.19. The zero-order valence-electron chi connectivity index (χ0n) is 10.5. The predicted octanol–water partition coefficient (Wildman–Crippen LogP) is 2.64. The van der Waals surface area contributed by atoms with Crippen LogP contribution in [0, 0.1) is 0 Å². The summed E-state index contributed by atoms with van der Waals surface area (Å²) in [5, 5.41) is 0. The van der Waals surface area contributed by atoms with E-state index in [1.54, 1.807) is 0 Å². The van der Waals surface area contributed by atoms with Gasteiger partial charge in [0.1, 0.15) is 5.82 Å². The van der Waals surface area contributed by atoms with Crippen LogP contribution in [0.25, 0.3) is 0 Å². The summed E-state index contributed by atoms with van der Waals surface area (Å²) in [5.41, 5.74) is 9.29. The molecule has 0 atom stereocenters. The van der Waals surface area contributed by atoms with E-state index in [4.69, 9.17) is 5.73 Å². The molecule has 0 saturated heterocycles. The highest BCUT2D eigenvalue weighted by atomic mass is 15.0. The lowest BCUT2D eigenvalue weighted by Crippen LogP contribution is -2.03. The molecule has 1 heterocycles. The molecule has 3 nitrogen and oxygen atoms in total. The molecule has 2 rings (SSSR count). The average molecular weight is 229 g/mol. The molecule has 0 fully saturated rings. The highest BCUT2D eigenvalue weighted by Gasteiger charge is 2.04. The molecule has 0 unspecified atom stereocenters. The van der Waals surface area contributed by atoms with Crippen molar-refractivity contribution in [3.63, 3.8) is 0 Å². The number of aromatic nitrogens is 2. The van der Waals surface area contributed by atoms with E-state index < -0.39 is 0 Å². The summed E-state index contributed by atoms with van der Waals surface area (Å²) in [6.07, 6.45) is 5.72. The molecule has 1 aromatic carbocycles. The first-order valence-corrected chi connectivity index (χ1v) is 6.11. The first-order valence-electron chi connectivity index (χ1n) is 6.11. The monoisotopic (exact) mass is 229 g/mol. The Kier molecular flexibility index (Phi) is 3.47. The number of nitrogens with two attached hydrogens (primary N) is 1. The van der Waals surface area contributed by atoms with E-state index in [0.717, 1.165) is 30.9 Å². The van der Waals surface area contributed by atoms with Crippen molar-refractivity contribution in [1.82, 2.24) is 9.55 Å². The molecule has 17 heavy (non-hydrogen) atoms. The largest absolute Gasteiger partial charge is 0.399 e. The highest BCUT2D eigenvalue weighted by Crippen LogP contribution is 2.17. The molecule has 0 aliphatic heterocycles. The summed E-state index contributed by atoms with van der Waals surface area (Å²) in [6.45, 7) is 5.22. The van der Waals surface area contributed by atoms with E-state index in [-0.39, 0.29) is 0 Å². The lowest BCUT2D eigenvalue weighted by atomic mass is 10.0. The predicted molar refractivity (Wildman–Crippen MR) is 70.9 cm³/mol. The van der Waals surface area contributed by atoms with Gasteiger partial charge in [0, 0.05) is 31.0 Å². The highest BCUT2D eigenvalue weighted by molar-refractivity contribution is 5.49. The maximum Gasteiger partial charge on any atom is 0.113 e. The van der Waals surface area contributed by atoms with Crippen molar-refractivity contribution in [2.75, 3.05) is 5.73 Å². The minimum Gasteiger partial charge on any atom is -0.399 e. The Morgan fingerprint density at radius 3 is 2.82 bits per heavy atom. The van der Waals surface area contributed by atoms with E-state index >= 15 is 0 Å². The summed E-state index contributed by atoms with van der Waals surface area (Å²) in [5.74, 6) is 1.11. The van der Waals surface area contributed by atoms with Crippen LogP contribution in [0.2, 0.25) is 0 Å². The normalized spacial score (nSPS) is 10.7. The summed E-state index contributed by atoms with van der Waals surface area (Å²) >= 11 is 0. The number of nitrogen functional groups attached to an aromatic ring is 1. The SMILES string of the molecule is CCc1cc(Cc2nccn2CC)ccc1N. The molecule has 0 aliphatic carbocycles. The first-order chi connectivity index (χ1) is 8.24. The summed E-state index contributed by atoms with van der Waals surface area (Å²) < 4.78 is 2.17. The summed E-state index contributed by atoms with van der Waals surface area (Å²) in [4.78, 5) is 4.39. The number of anilines is 1. The van der Waals surface area contributed by atoms with Crippen LogP contribution < -0.4 is 5.73 Å². The van der Waals surface area contributed by atoms with Crippen molar-refractivity contribution in [3.8, 4) is 0 Å². The molecule has 1 aromatic heterocycles. The Morgan fingerprint density at radius 2 is 2.12 bits per heavy atom. The van der Waals surface area contributed by atoms with Crippen LogP contribution in [0.5, 0.6) is 0 Å². The van der Waals surface area contributed by atoms with Crippen molar-refractivity contribution >= 4 is 5.69 Å². The minimum atomic E-state index is 0.869. The van der Waals surface area contributed by atoms with Crippen molar-refractivity contribution in [3.05, 3.63) is 47.5 Å². The third-order valence-electron chi connectivity index (χ3n) is 3.09. The van der Waals surface area contributed by atoms with Crippen LogP contribution in [-0.4, -0.2) is 9.55 Å². The molecular weight excluding hydrogens is 210 g/mol. The zero-order chi connectivity index (χ0) is 12.3. The molecule has 2 aromatic rings. The van der Waals surface area contributed by atoms with Crippen LogP contribution in [0.3, 0.4) is 0 Å². The van der Waals surface area contributed by atoms with Crippen molar-refractivity contribution < 1.29 is 0 Å². The number of benzene rings is 1. The number of hydrogen-bond donors (Lipinski definition) is 1. The van der Waals surface area contributed by atoms with Crippen LogP contribution in [-0.2, 0) is 19.4 Å². The van der Waals surface area contributed by atoms with E-state index in [1.807, 2.05) is 18.5 Å². The summed E-state index contributed by atoms with van der Waals surface area (Å²) in [7, 11) is 0. The molecule has 0 amide bonds. The van der Waals surface area contributed by atoms with Crippen LogP contribution >= 0.6 is 0 Å². The Morgan fingerprint density at radius 1 is 1.29 bits per heavy atom. The number of imidazole rings is 1. The topological polar surface area (TPSA) is 43.8 Å². The van der Waals surface area contributed by atoms with E-state index in [9.17, 15) is 0 Å². The average Bonchev–Trinajstić information content (AvgIpc) is 2.79. The van der Waals surface area contributed by atoms with Gasteiger partial charge in [-0.3, -0.25) is 0 Å². The molecule has 3 heteroatoms. The van der Waals surface area contributed by atoms with Gasteiger partial charge in [0.25, 0.3) is 0 Å². The minimum absolute atomic E-state index is 0.869. The summed E-state index contributed by atoms with van der Waals surface area (Å²) in [6, 6.07) is 6.26. The van der Waals surface area contributed by atoms with E-state index in [1.165, 1.54) is 11.1 Å². The van der Waals surface area contributed by atoms with Crippen LogP contribution in [0.15, 0.2) is 30.6 Å². The van der Waals surface area contributed by atoms with Gasteiger partial charge in [0.05, 0.1) is 0 Å². The third kappa shape index (κ3) is 2.49. The van der Waals surface area contributed by atoms with Gasteiger partial charge in [-0.25, -0.2) is 4.98 Å². The van der Waals surface area contributed by atoms with Crippen LogP contribution in [0.1, 0.15) is 30.8 Å². The second kappa shape index (κ2) is 5.04. The van der Waals surface area contributed by atoms with Crippen LogP contribution in [0.4, 0.5) is 5.69 Å². The van der Waals surface area contributed by atoms with Gasteiger partial charge in [-0.1, -0.05) is 19.1 Å². The Balaban J connectivity index is 2.24. The molecular formula is C14H19N3. The number of nitrogens with zero attached hydrogens (tertiary/aromatic N) is 2. The molecule has 0 aliphatic rings. The van der Waals surface area contributed by atoms with Gasteiger partial charge in [-0.15, -0.1) is 0 Å². The Labute approximate surface area is 102 Å². The van der Waals surface area contributed by atoms with Crippen molar-refractivity contribution in [1.29, 1.82) is 0 Å². The maximum atomic E-state index is 5.91. The molecule has 0 radical (unpaired) electrons. The molecule has 90 valence electrons. The molecule has 2 N–H and O–H groups in total. The lowest BCUT2D eigenvalue weighted by Gasteiger charge is -2.08. The molecule has 0 spiro atoms. The fourth-order valence-electron chi connectivity index (χ4n) is 2.05. The first kappa shape index (κ1) is 11.7. The second-order valence-electron chi connectivity index (χ2n) is 4.19. The molecule has 0 saturated carbocycles. The molecule has 0 bridgehead atoms. The Hall–Kier alpha value is -1.77. The van der Waals surface area contributed by atoms with Gasteiger partial charge < -0.3 is 10.3 Å². The number of aryl methyl sites for hydroxylation is 2. The van der Waals surface area contributed by atoms with Crippen molar-refractivity contribution in [2.45, 2.75) is 33.2 Å². The van der Waals surface area contributed by atoms with E-state index in [2.05, 4.69) is 35.5 Å². The van der Waals surface area contributed by atoms with Gasteiger partial charge in [-0.05, 0) is 30.5 Å². The number of rotatable bonds is 4. The van der Waals surface area contributed by atoms with Gasteiger partial charge >= 0.3 is 0 Å². The van der Waals surface area contributed by atoms with Gasteiger partial charge in [-0.2, -0.15) is 0 Å². The van der Waals surface area contributed by atoms with Gasteiger partial charge in [0.15, 0.2) is 0 Å². The maximum absolute atomic E-state index is 5.91. The lowest BCUT2D eigenvalue weighted by molar-refractivity contribution is 0.712. The third-order valence-corrected chi connectivity index (χ3v) is 3.09. The smallest absolute Gasteiger partial charge is 0.113 e. The fourth-order valence-corrected chi connectivity index (χ4v) is 2.05. The van der Waals surface area contributed by atoms with Gasteiger partial charge in [0.2, 0.25) is 0 Å². The van der Waals surface area contributed by atoms with Crippen molar-refractivity contribution in [2.24, 2.45) is 0 Å².